The fourth-order valence-electron chi connectivity index (χ4n) is 2.60. The summed E-state index contributed by atoms with van der Waals surface area (Å²) in [5.74, 6) is 0.0317. The molecule has 0 aromatic heterocycles. The first-order valence-corrected chi connectivity index (χ1v) is 7.70. The summed E-state index contributed by atoms with van der Waals surface area (Å²) >= 11 is 5.53. The van der Waals surface area contributed by atoms with Crippen LogP contribution < -0.4 is 4.90 Å². The van der Waals surface area contributed by atoms with Crippen molar-refractivity contribution in [1.82, 2.24) is 4.90 Å². The van der Waals surface area contributed by atoms with Gasteiger partial charge in [0.1, 0.15) is 6.54 Å². The van der Waals surface area contributed by atoms with Crippen LogP contribution in [0.3, 0.4) is 0 Å². The van der Waals surface area contributed by atoms with Crippen molar-refractivity contribution in [1.29, 1.82) is 0 Å². The zero-order valence-electron chi connectivity index (χ0n) is 12.7. The van der Waals surface area contributed by atoms with Crippen molar-refractivity contribution < 1.29 is 4.79 Å². The van der Waals surface area contributed by atoms with Crippen LogP contribution in [0.2, 0.25) is 0 Å². The molecule has 0 unspecified atom stereocenters. The van der Waals surface area contributed by atoms with Gasteiger partial charge < -0.3 is 4.90 Å². The monoisotopic (exact) mass is 310 g/mol. The first-order chi connectivity index (χ1) is 10.6. The van der Waals surface area contributed by atoms with Crippen molar-refractivity contribution in [3.63, 3.8) is 0 Å². The van der Waals surface area contributed by atoms with E-state index in [1.165, 1.54) is 5.56 Å². The van der Waals surface area contributed by atoms with Gasteiger partial charge in [-0.25, -0.2) is 0 Å². The fourth-order valence-corrected chi connectivity index (χ4v) is 2.93. The molecule has 1 aliphatic heterocycles. The lowest BCUT2D eigenvalue weighted by atomic mass is 10.1. The topological polar surface area (TPSA) is 23.6 Å². The number of aryl methyl sites for hydroxylation is 2. The molecular formula is C18H18N2OS. The summed E-state index contributed by atoms with van der Waals surface area (Å²) in [4.78, 5) is 16.0. The van der Waals surface area contributed by atoms with Gasteiger partial charge in [0.05, 0.1) is 5.69 Å². The molecular weight excluding hydrogens is 292 g/mol. The first-order valence-electron chi connectivity index (χ1n) is 7.29. The highest BCUT2D eigenvalue weighted by atomic mass is 32.1. The molecule has 0 N–H and O–H groups in total. The van der Waals surface area contributed by atoms with E-state index in [-0.39, 0.29) is 5.91 Å². The quantitative estimate of drug-likeness (QED) is 0.812. The molecule has 1 heterocycles. The number of carbonyl (C=O) groups excluding carboxylic acids is 1. The Morgan fingerprint density at radius 2 is 1.77 bits per heavy atom. The molecule has 2 aromatic carbocycles. The number of rotatable bonds is 3. The van der Waals surface area contributed by atoms with Crippen molar-refractivity contribution >= 4 is 28.9 Å². The first kappa shape index (κ1) is 14.7. The maximum atomic E-state index is 12.4. The third-order valence-corrected chi connectivity index (χ3v) is 4.44. The highest BCUT2D eigenvalue weighted by Gasteiger charge is 2.33. The lowest BCUT2D eigenvalue weighted by molar-refractivity contribution is -0.116. The van der Waals surface area contributed by atoms with Gasteiger partial charge in [-0.1, -0.05) is 36.4 Å². The van der Waals surface area contributed by atoms with Crippen molar-refractivity contribution in [2.45, 2.75) is 20.4 Å². The van der Waals surface area contributed by atoms with Crippen molar-refractivity contribution in [3.05, 3.63) is 65.2 Å². The average Bonchev–Trinajstić information content (AvgIpc) is 2.78. The van der Waals surface area contributed by atoms with Crippen LogP contribution in [0.1, 0.15) is 16.7 Å². The Labute approximate surface area is 136 Å². The van der Waals surface area contributed by atoms with Gasteiger partial charge in [0.25, 0.3) is 5.91 Å². The Morgan fingerprint density at radius 1 is 1.05 bits per heavy atom. The summed E-state index contributed by atoms with van der Waals surface area (Å²) in [6.45, 7) is 5.10. The van der Waals surface area contributed by atoms with Gasteiger partial charge in [0.2, 0.25) is 0 Å². The Hall–Kier alpha value is -2.20. The van der Waals surface area contributed by atoms with Crippen molar-refractivity contribution in [2.75, 3.05) is 11.4 Å². The molecule has 0 saturated carbocycles. The van der Waals surface area contributed by atoms with Crippen LogP contribution >= 0.6 is 12.2 Å². The minimum absolute atomic E-state index is 0.0317. The van der Waals surface area contributed by atoms with Gasteiger partial charge in [-0.2, -0.15) is 0 Å². The number of hydrogen-bond acceptors (Lipinski definition) is 2. The van der Waals surface area contributed by atoms with Gasteiger partial charge in [0, 0.05) is 6.54 Å². The molecule has 0 spiro atoms. The third kappa shape index (κ3) is 2.74. The van der Waals surface area contributed by atoms with E-state index >= 15 is 0 Å². The maximum Gasteiger partial charge on any atom is 0.252 e. The Kier molecular flexibility index (Phi) is 3.94. The molecule has 0 atom stereocenters. The van der Waals surface area contributed by atoms with E-state index in [9.17, 15) is 4.79 Å². The van der Waals surface area contributed by atoms with Gasteiger partial charge in [-0.05, 0) is 54.9 Å². The predicted octanol–water partition coefficient (Wildman–Crippen LogP) is 3.44. The zero-order chi connectivity index (χ0) is 15.7. The number of hydrogen-bond donors (Lipinski definition) is 0. The lowest BCUT2D eigenvalue weighted by Crippen LogP contribution is -2.32. The summed E-state index contributed by atoms with van der Waals surface area (Å²) in [5.41, 5.74) is 4.38. The SMILES string of the molecule is Cc1ccc(N2C(=O)CN(Cc3ccccc3)C2=S)cc1C. The predicted molar refractivity (Wildman–Crippen MR) is 92.9 cm³/mol. The summed E-state index contributed by atoms with van der Waals surface area (Å²) in [5, 5.41) is 0.581. The molecule has 112 valence electrons. The third-order valence-electron chi connectivity index (χ3n) is 4.00. The number of nitrogens with zero attached hydrogens (tertiary/aromatic N) is 2. The van der Waals surface area contributed by atoms with E-state index in [0.29, 0.717) is 18.2 Å². The summed E-state index contributed by atoms with van der Waals surface area (Å²) in [7, 11) is 0. The lowest BCUT2D eigenvalue weighted by Gasteiger charge is -2.21. The van der Waals surface area contributed by atoms with Gasteiger partial charge in [-0.3, -0.25) is 9.69 Å². The van der Waals surface area contributed by atoms with Crippen LogP contribution in [0.15, 0.2) is 48.5 Å². The molecule has 22 heavy (non-hydrogen) atoms. The van der Waals surface area contributed by atoms with E-state index in [0.717, 1.165) is 16.8 Å². The molecule has 0 radical (unpaired) electrons. The Bertz CT molecular complexity index is 727. The number of benzene rings is 2. The van der Waals surface area contributed by atoms with Crippen LogP contribution in [0, 0.1) is 13.8 Å². The largest absolute Gasteiger partial charge is 0.335 e. The van der Waals surface area contributed by atoms with E-state index in [1.54, 1.807) is 4.90 Å². The number of thiocarbonyl (C=S) groups is 1. The Morgan fingerprint density at radius 3 is 2.45 bits per heavy atom. The minimum Gasteiger partial charge on any atom is -0.335 e. The fraction of sp³-hybridized carbons (Fsp3) is 0.222. The molecule has 0 aliphatic carbocycles. The smallest absolute Gasteiger partial charge is 0.252 e. The highest BCUT2D eigenvalue weighted by Crippen LogP contribution is 2.25. The van der Waals surface area contributed by atoms with Crippen LogP contribution in [-0.2, 0) is 11.3 Å². The second kappa shape index (κ2) is 5.89. The number of anilines is 1. The van der Waals surface area contributed by atoms with Gasteiger partial charge >= 0.3 is 0 Å². The van der Waals surface area contributed by atoms with Crippen LogP contribution in [-0.4, -0.2) is 22.5 Å². The normalized spacial score (nSPS) is 14.8. The van der Waals surface area contributed by atoms with Gasteiger partial charge in [0.15, 0.2) is 5.11 Å². The minimum atomic E-state index is 0.0317. The molecule has 4 heteroatoms. The number of carbonyl (C=O) groups is 1. The Balaban J connectivity index is 1.83. The van der Waals surface area contributed by atoms with E-state index < -0.39 is 0 Å². The average molecular weight is 310 g/mol. The van der Waals surface area contributed by atoms with E-state index in [2.05, 4.69) is 6.92 Å². The molecule has 2 aromatic rings. The van der Waals surface area contributed by atoms with Gasteiger partial charge in [-0.15, -0.1) is 0 Å². The maximum absolute atomic E-state index is 12.4. The summed E-state index contributed by atoms with van der Waals surface area (Å²) in [6, 6.07) is 16.1. The van der Waals surface area contributed by atoms with Crippen LogP contribution in [0.5, 0.6) is 0 Å². The standard InChI is InChI=1S/C18H18N2OS/c1-13-8-9-16(10-14(13)2)20-17(21)12-19(18(20)22)11-15-6-4-3-5-7-15/h3-10H,11-12H2,1-2H3. The van der Waals surface area contributed by atoms with E-state index in [4.69, 9.17) is 12.2 Å². The zero-order valence-corrected chi connectivity index (χ0v) is 13.6. The van der Waals surface area contributed by atoms with Crippen molar-refractivity contribution in [2.24, 2.45) is 0 Å². The molecule has 1 amide bonds. The molecule has 3 nitrogen and oxygen atoms in total. The second-order valence-corrected chi connectivity index (χ2v) is 5.99. The number of amides is 1. The molecule has 1 saturated heterocycles. The molecule has 3 rings (SSSR count). The van der Waals surface area contributed by atoms with Crippen LogP contribution in [0.4, 0.5) is 5.69 Å². The highest BCUT2D eigenvalue weighted by molar-refractivity contribution is 7.80. The van der Waals surface area contributed by atoms with Crippen LogP contribution in [0.25, 0.3) is 0 Å². The van der Waals surface area contributed by atoms with Crippen molar-refractivity contribution in [3.8, 4) is 0 Å². The molecule has 0 bridgehead atoms. The van der Waals surface area contributed by atoms with E-state index in [1.807, 2.05) is 60.4 Å². The molecule has 1 aliphatic rings. The second-order valence-electron chi connectivity index (χ2n) is 5.62. The summed E-state index contributed by atoms with van der Waals surface area (Å²) in [6.07, 6.45) is 0. The molecule has 1 fully saturated rings. The summed E-state index contributed by atoms with van der Waals surface area (Å²) < 4.78 is 0.